The number of halogens is 1. The van der Waals surface area contributed by atoms with Crippen LogP contribution in [0.15, 0.2) is 24.3 Å². The van der Waals surface area contributed by atoms with Crippen LogP contribution in [0.25, 0.3) is 0 Å². The van der Waals surface area contributed by atoms with Gasteiger partial charge in [0.25, 0.3) is 0 Å². The normalized spacial score (nSPS) is 15.8. The highest BCUT2D eigenvalue weighted by molar-refractivity contribution is 14.1. The predicted molar refractivity (Wildman–Crippen MR) is 70.4 cm³/mol. The van der Waals surface area contributed by atoms with Gasteiger partial charge >= 0.3 is 7.60 Å². The van der Waals surface area contributed by atoms with Gasteiger partial charge < -0.3 is 14.2 Å². The van der Waals surface area contributed by atoms with E-state index in [0.717, 1.165) is 3.57 Å². The summed E-state index contributed by atoms with van der Waals surface area (Å²) in [6.07, 6.45) is 0. The lowest BCUT2D eigenvalue weighted by atomic mass is 10.1. The molecule has 16 heavy (non-hydrogen) atoms. The van der Waals surface area contributed by atoms with E-state index in [4.69, 9.17) is 9.05 Å². The molecule has 1 rings (SSSR count). The molecule has 0 saturated carbocycles. The first kappa shape index (κ1) is 14.1. The molecule has 1 aromatic rings. The third-order valence-corrected chi connectivity index (χ3v) is 5.41. The van der Waals surface area contributed by atoms with Crippen LogP contribution in [0.3, 0.4) is 0 Å². The Labute approximate surface area is 109 Å². The van der Waals surface area contributed by atoms with Crippen molar-refractivity contribution in [2.24, 2.45) is 0 Å². The summed E-state index contributed by atoms with van der Waals surface area (Å²) in [4.78, 5) is 0. The quantitative estimate of drug-likeness (QED) is 0.666. The molecule has 0 aliphatic rings. The lowest BCUT2D eigenvalue weighted by Gasteiger charge is -2.29. The van der Waals surface area contributed by atoms with Crippen molar-refractivity contribution in [2.45, 2.75) is 12.3 Å². The number of hydrogen-bond acceptors (Lipinski definition) is 4. The molecule has 1 unspecified atom stereocenters. The maximum Gasteiger partial charge on any atom is 0.365 e. The molecular weight excluding hydrogens is 342 g/mol. The summed E-state index contributed by atoms with van der Waals surface area (Å²) in [5, 5.41) is 8.63. The molecular formula is C10H14IO4P. The van der Waals surface area contributed by atoms with Crippen LogP contribution in [0.4, 0.5) is 0 Å². The smallest absolute Gasteiger partial charge is 0.365 e. The molecule has 0 bridgehead atoms. The van der Waals surface area contributed by atoms with E-state index in [0.29, 0.717) is 5.56 Å². The highest BCUT2D eigenvalue weighted by Crippen LogP contribution is 2.62. The lowest BCUT2D eigenvalue weighted by Crippen LogP contribution is -2.23. The fraction of sp³-hybridized carbons (Fsp3) is 0.400. The average Bonchev–Trinajstić information content (AvgIpc) is 2.28. The zero-order valence-corrected chi connectivity index (χ0v) is 12.4. The van der Waals surface area contributed by atoms with Crippen molar-refractivity contribution in [1.29, 1.82) is 0 Å². The van der Waals surface area contributed by atoms with Crippen LogP contribution >= 0.6 is 30.2 Å². The zero-order valence-electron chi connectivity index (χ0n) is 9.31. The Morgan fingerprint density at radius 3 is 2.06 bits per heavy atom. The van der Waals surface area contributed by atoms with Gasteiger partial charge in [0.05, 0.1) is 0 Å². The molecule has 0 heterocycles. The van der Waals surface area contributed by atoms with Gasteiger partial charge in [-0.05, 0) is 47.2 Å². The zero-order chi connectivity index (χ0) is 12.4. The predicted octanol–water partition coefficient (Wildman–Crippen LogP) is 2.94. The fourth-order valence-electron chi connectivity index (χ4n) is 1.35. The Kier molecular flexibility index (Phi) is 4.54. The van der Waals surface area contributed by atoms with Crippen molar-refractivity contribution >= 4 is 30.2 Å². The topological polar surface area (TPSA) is 55.8 Å². The Balaban J connectivity index is 3.19. The van der Waals surface area contributed by atoms with E-state index in [1.54, 1.807) is 12.1 Å². The van der Waals surface area contributed by atoms with Crippen molar-refractivity contribution in [3.63, 3.8) is 0 Å². The molecule has 0 radical (unpaired) electrons. The minimum absolute atomic E-state index is 0.500. The largest absolute Gasteiger partial charge is 0.373 e. The second-order valence-corrected chi connectivity index (χ2v) is 7.23. The summed E-state index contributed by atoms with van der Waals surface area (Å²) in [6, 6.07) is 7.04. The molecule has 0 spiro atoms. The summed E-state index contributed by atoms with van der Waals surface area (Å²) >= 11 is 2.15. The first-order valence-corrected chi connectivity index (χ1v) is 7.19. The van der Waals surface area contributed by atoms with Crippen LogP contribution in [-0.4, -0.2) is 19.3 Å². The third-order valence-electron chi connectivity index (χ3n) is 2.41. The van der Waals surface area contributed by atoms with Crippen LogP contribution in [0.1, 0.15) is 12.5 Å². The van der Waals surface area contributed by atoms with Crippen LogP contribution in [0.2, 0.25) is 0 Å². The monoisotopic (exact) mass is 356 g/mol. The van der Waals surface area contributed by atoms with Gasteiger partial charge in [0.15, 0.2) is 5.34 Å². The summed E-state index contributed by atoms with van der Waals surface area (Å²) in [5.74, 6) is 0. The summed E-state index contributed by atoms with van der Waals surface area (Å²) in [5.41, 5.74) is 0.500. The standard InChI is InChI=1S/C10H14IO4P/c1-10(12,16(13,14-2)15-3)8-4-6-9(11)7-5-8/h4-7,12H,1-3H3. The van der Waals surface area contributed by atoms with E-state index >= 15 is 0 Å². The molecule has 6 heteroatoms. The summed E-state index contributed by atoms with van der Waals surface area (Å²) in [6.45, 7) is 1.42. The highest BCUT2D eigenvalue weighted by atomic mass is 127. The minimum Gasteiger partial charge on any atom is -0.373 e. The number of benzene rings is 1. The van der Waals surface area contributed by atoms with Gasteiger partial charge in [-0.3, -0.25) is 4.57 Å². The van der Waals surface area contributed by atoms with E-state index < -0.39 is 12.9 Å². The van der Waals surface area contributed by atoms with Crippen molar-refractivity contribution in [3.8, 4) is 0 Å². The molecule has 0 aliphatic carbocycles. The van der Waals surface area contributed by atoms with E-state index in [9.17, 15) is 9.67 Å². The Morgan fingerprint density at radius 2 is 1.69 bits per heavy atom. The molecule has 0 saturated heterocycles. The molecule has 0 fully saturated rings. The molecule has 1 N–H and O–H groups in total. The van der Waals surface area contributed by atoms with Gasteiger partial charge in [-0.15, -0.1) is 0 Å². The second-order valence-electron chi connectivity index (χ2n) is 3.39. The number of hydrogen-bond donors (Lipinski definition) is 1. The third kappa shape index (κ3) is 2.49. The Morgan fingerprint density at radius 1 is 1.25 bits per heavy atom. The molecule has 4 nitrogen and oxygen atoms in total. The first-order valence-electron chi connectivity index (χ1n) is 4.57. The van der Waals surface area contributed by atoms with Crippen LogP contribution in [-0.2, 0) is 19.0 Å². The number of aliphatic hydroxyl groups is 1. The van der Waals surface area contributed by atoms with Crippen molar-refractivity contribution in [1.82, 2.24) is 0 Å². The highest BCUT2D eigenvalue weighted by Gasteiger charge is 2.46. The van der Waals surface area contributed by atoms with Crippen molar-refractivity contribution in [2.75, 3.05) is 14.2 Å². The van der Waals surface area contributed by atoms with Gasteiger partial charge in [-0.1, -0.05) is 12.1 Å². The fourth-order valence-corrected chi connectivity index (χ4v) is 3.04. The Hall–Kier alpha value is 0.0600. The van der Waals surface area contributed by atoms with E-state index in [-0.39, 0.29) is 0 Å². The first-order chi connectivity index (χ1) is 7.37. The second kappa shape index (κ2) is 5.14. The molecule has 0 aliphatic heterocycles. The molecule has 90 valence electrons. The van der Waals surface area contributed by atoms with Crippen LogP contribution < -0.4 is 0 Å². The molecule has 1 aromatic carbocycles. The maximum atomic E-state index is 12.2. The van der Waals surface area contributed by atoms with E-state index in [1.807, 2.05) is 12.1 Å². The minimum atomic E-state index is -3.57. The SMILES string of the molecule is COP(=O)(OC)C(C)(O)c1ccc(I)cc1. The van der Waals surface area contributed by atoms with Gasteiger partial charge in [0, 0.05) is 17.8 Å². The van der Waals surface area contributed by atoms with E-state index in [1.165, 1.54) is 21.1 Å². The molecule has 1 atom stereocenters. The van der Waals surface area contributed by atoms with Crippen molar-refractivity contribution < 1.29 is 18.7 Å². The molecule has 0 amide bonds. The average molecular weight is 356 g/mol. The lowest BCUT2D eigenvalue weighted by molar-refractivity contribution is 0.0932. The van der Waals surface area contributed by atoms with Gasteiger partial charge in [0.2, 0.25) is 0 Å². The van der Waals surface area contributed by atoms with Gasteiger partial charge in [0.1, 0.15) is 0 Å². The van der Waals surface area contributed by atoms with Crippen LogP contribution in [0.5, 0.6) is 0 Å². The van der Waals surface area contributed by atoms with Gasteiger partial charge in [-0.2, -0.15) is 0 Å². The molecule has 0 aromatic heterocycles. The van der Waals surface area contributed by atoms with Crippen molar-refractivity contribution in [3.05, 3.63) is 33.4 Å². The Bertz CT molecular complexity index is 394. The maximum absolute atomic E-state index is 12.2. The summed E-state index contributed by atoms with van der Waals surface area (Å²) < 4.78 is 22.8. The number of rotatable bonds is 4. The summed E-state index contributed by atoms with van der Waals surface area (Å²) in [7, 11) is -1.06. The van der Waals surface area contributed by atoms with Gasteiger partial charge in [-0.25, -0.2) is 0 Å². The van der Waals surface area contributed by atoms with Crippen LogP contribution in [0, 0.1) is 3.57 Å². The van der Waals surface area contributed by atoms with E-state index in [2.05, 4.69) is 22.6 Å².